The zero-order valence-electron chi connectivity index (χ0n) is 11.1. The zero-order valence-corrected chi connectivity index (χ0v) is 11.1. The van der Waals surface area contributed by atoms with Crippen LogP contribution in [0.3, 0.4) is 0 Å². The van der Waals surface area contributed by atoms with Gasteiger partial charge in [0.05, 0.1) is 46.4 Å². The molecule has 0 spiro atoms. The SMILES string of the molecule is C1CNCCOCCOCCOCCNCOC1. The molecule has 6 heteroatoms. The Labute approximate surface area is 109 Å². The molecule has 1 fully saturated rings. The first kappa shape index (κ1) is 15.8. The van der Waals surface area contributed by atoms with Crippen molar-refractivity contribution >= 4 is 0 Å². The van der Waals surface area contributed by atoms with E-state index in [0.29, 0.717) is 39.8 Å². The lowest BCUT2D eigenvalue weighted by molar-refractivity contribution is 0.0135. The Balaban J connectivity index is 2.00. The first-order valence-electron chi connectivity index (χ1n) is 6.72. The maximum atomic E-state index is 5.42. The van der Waals surface area contributed by atoms with Crippen LogP contribution in [-0.2, 0) is 18.9 Å². The fraction of sp³-hybridized carbons (Fsp3) is 1.00. The number of rotatable bonds is 0. The van der Waals surface area contributed by atoms with Crippen molar-refractivity contribution in [1.29, 1.82) is 0 Å². The maximum Gasteiger partial charge on any atom is 0.0966 e. The van der Waals surface area contributed by atoms with Crippen molar-refractivity contribution in [2.24, 2.45) is 0 Å². The van der Waals surface area contributed by atoms with Gasteiger partial charge in [-0.3, -0.25) is 5.32 Å². The molecule has 108 valence electrons. The Hall–Kier alpha value is -0.240. The highest BCUT2D eigenvalue weighted by Crippen LogP contribution is 1.83. The van der Waals surface area contributed by atoms with Gasteiger partial charge >= 0.3 is 0 Å². The van der Waals surface area contributed by atoms with Gasteiger partial charge in [-0.15, -0.1) is 0 Å². The van der Waals surface area contributed by atoms with E-state index in [1.807, 2.05) is 0 Å². The Morgan fingerprint density at radius 2 is 1.11 bits per heavy atom. The van der Waals surface area contributed by atoms with Gasteiger partial charge in [-0.1, -0.05) is 0 Å². The summed E-state index contributed by atoms with van der Waals surface area (Å²) < 4.78 is 21.6. The molecule has 6 nitrogen and oxygen atoms in total. The Morgan fingerprint density at radius 1 is 0.500 bits per heavy atom. The predicted octanol–water partition coefficient (Wildman–Crippen LogP) is -0.407. The summed E-state index contributed by atoms with van der Waals surface area (Å²) in [6, 6.07) is 0. The molecular weight excluding hydrogens is 236 g/mol. The van der Waals surface area contributed by atoms with Gasteiger partial charge < -0.3 is 24.3 Å². The van der Waals surface area contributed by atoms with E-state index in [1.54, 1.807) is 0 Å². The maximum absolute atomic E-state index is 5.42. The smallest absolute Gasteiger partial charge is 0.0966 e. The van der Waals surface area contributed by atoms with Crippen molar-refractivity contribution in [3.8, 4) is 0 Å². The minimum atomic E-state index is 0.586. The van der Waals surface area contributed by atoms with Crippen LogP contribution in [0.25, 0.3) is 0 Å². The highest BCUT2D eigenvalue weighted by atomic mass is 16.5. The second kappa shape index (κ2) is 13.2. The molecule has 0 aromatic heterocycles. The van der Waals surface area contributed by atoms with Crippen LogP contribution in [0.1, 0.15) is 6.42 Å². The molecule has 0 bridgehead atoms. The van der Waals surface area contributed by atoms with E-state index in [2.05, 4.69) is 10.6 Å². The van der Waals surface area contributed by atoms with E-state index in [4.69, 9.17) is 18.9 Å². The van der Waals surface area contributed by atoms with E-state index in [0.717, 1.165) is 39.3 Å². The highest BCUT2D eigenvalue weighted by molar-refractivity contribution is 4.47. The molecular formula is C12H26N2O4. The van der Waals surface area contributed by atoms with Crippen LogP contribution in [0.15, 0.2) is 0 Å². The molecule has 0 aliphatic carbocycles. The first-order valence-corrected chi connectivity index (χ1v) is 6.72. The van der Waals surface area contributed by atoms with Gasteiger partial charge in [0.15, 0.2) is 0 Å². The third-order valence-electron chi connectivity index (χ3n) is 2.44. The van der Waals surface area contributed by atoms with Gasteiger partial charge in [-0.2, -0.15) is 0 Å². The molecule has 0 radical (unpaired) electrons. The zero-order chi connectivity index (χ0) is 12.7. The van der Waals surface area contributed by atoms with E-state index in [1.165, 1.54) is 0 Å². The van der Waals surface area contributed by atoms with Crippen molar-refractivity contribution < 1.29 is 18.9 Å². The molecule has 18 heavy (non-hydrogen) atoms. The van der Waals surface area contributed by atoms with E-state index in [9.17, 15) is 0 Å². The van der Waals surface area contributed by atoms with Crippen molar-refractivity contribution in [3.63, 3.8) is 0 Å². The minimum Gasteiger partial charge on any atom is -0.378 e. The summed E-state index contributed by atoms with van der Waals surface area (Å²) in [6.45, 7) is 7.95. The second-order valence-corrected chi connectivity index (χ2v) is 3.99. The van der Waals surface area contributed by atoms with Crippen LogP contribution in [0.2, 0.25) is 0 Å². The van der Waals surface area contributed by atoms with E-state index >= 15 is 0 Å². The monoisotopic (exact) mass is 262 g/mol. The van der Waals surface area contributed by atoms with Crippen LogP contribution in [0.4, 0.5) is 0 Å². The summed E-state index contributed by atoms with van der Waals surface area (Å²) in [5, 5.41) is 6.46. The summed E-state index contributed by atoms with van der Waals surface area (Å²) in [4.78, 5) is 0. The summed E-state index contributed by atoms with van der Waals surface area (Å²) in [5.74, 6) is 0. The number of hydrogen-bond acceptors (Lipinski definition) is 6. The van der Waals surface area contributed by atoms with Crippen molar-refractivity contribution in [3.05, 3.63) is 0 Å². The molecule has 0 atom stereocenters. The summed E-state index contributed by atoms with van der Waals surface area (Å²) in [5.41, 5.74) is 0. The second-order valence-electron chi connectivity index (χ2n) is 3.99. The molecule has 1 aliphatic heterocycles. The standard InChI is InChI=1S/C12H26N2O4/c1-2-13-3-6-15-8-10-17-11-9-16-7-4-14-12-18-5-1/h13-14H,1-12H2. The largest absolute Gasteiger partial charge is 0.378 e. The summed E-state index contributed by atoms with van der Waals surface area (Å²) in [7, 11) is 0. The molecule has 1 heterocycles. The third-order valence-corrected chi connectivity index (χ3v) is 2.44. The molecule has 0 unspecified atom stereocenters. The van der Waals surface area contributed by atoms with Gasteiger partial charge in [0, 0.05) is 19.7 Å². The van der Waals surface area contributed by atoms with Crippen molar-refractivity contribution in [2.75, 3.05) is 72.6 Å². The summed E-state index contributed by atoms with van der Waals surface area (Å²) in [6.07, 6.45) is 1.02. The van der Waals surface area contributed by atoms with E-state index in [-0.39, 0.29) is 0 Å². The van der Waals surface area contributed by atoms with Gasteiger partial charge in [0.25, 0.3) is 0 Å². The normalized spacial score (nSPS) is 24.0. The van der Waals surface area contributed by atoms with Crippen LogP contribution in [-0.4, -0.2) is 72.6 Å². The van der Waals surface area contributed by atoms with Crippen LogP contribution < -0.4 is 10.6 Å². The van der Waals surface area contributed by atoms with Gasteiger partial charge in [-0.05, 0) is 13.0 Å². The first-order chi connectivity index (χ1) is 9.00. The molecule has 2 N–H and O–H groups in total. The van der Waals surface area contributed by atoms with Crippen molar-refractivity contribution in [1.82, 2.24) is 10.6 Å². The van der Waals surface area contributed by atoms with E-state index < -0.39 is 0 Å². The lowest BCUT2D eigenvalue weighted by atomic mass is 10.4. The fourth-order valence-electron chi connectivity index (χ4n) is 1.47. The lowest BCUT2D eigenvalue weighted by Crippen LogP contribution is -2.26. The number of nitrogens with one attached hydrogen (secondary N) is 2. The van der Waals surface area contributed by atoms with Crippen molar-refractivity contribution in [2.45, 2.75) is 6.42 Å². The van der Waals surface area contributed by atoms with Crippen LogP contribution in [0, 0.1) is 0 Å². The van der Waals surface area contributed by atoms with Crippen LogP contribution >= 0.6 is 0 Å². The number of ether oxygens (including phenoxy) is 4. The Kier molecular flexibility index (Phi) is 11.6. The average Bonchev–Trinajstić information content (AvgIpc) is 2.39. The number of hydrogen-bond donors (Lipinski definition) is 2. The predicted molar refractivity (Wildman–Crippen MR) is 68.8 cm³/mol. The van der Waals surface area contributed by atoms with Gasteiger partial charge in [0.1, 0.15) is 0 Å². The molecule has 0 aromatic carbocycles. The highest BCUT2D eigenvalue weighted by Gasteiger charge is 1.94. The molecule has 1 rings (SSSR count). The molecule has 0 amide bonds. The Bertz CT molecular complexity index is 97.1. The third kappa shape index (κ3) is 10.9. The molecule has 0 saturated carbocycles. The molecule has 1 saturated heterocycles. The lowest BCUT2D eigenvalue weighted by Gasteiger charge is -2.10. The van der Waals surface area contributed by atoms with Gasteiger partial charge in [-0.25, -0.2) is 0 Å². The topological polar surface area (TPSA) is 61.0 Å². The quantitative estimate of drug-likeness (QED) is 0.619. The van der Waals surface area contributed by atoms with Crippen LogP contribution in [0.5, 0.6) is 0 Å². The fourth-order valence-corrected chi connectivity index (χ4v) is 1.47. The Morgan fingerprint density at radius 3 is 1.83 bits per heavy atom. The average molecular weight is 262 g/mol. The minimum absolute atomic E-state index is 0.586. The van der Waals surface area contributed by atoms with Gasteiger partial charge in [0.2, 0.25) is 0 Å². The molecule has 0 aromatic rings. The molecule has 1 aliphatic rings. The summed E-state index contributed by atoms with van der Waals surface area (Å²) >= 11 is 0.